The van der Waals surface area contributed by atoms with Gasteiger partial charge in [0.05, 0.1) is 41.5 Å². The van der Waals surface area contributed by atoms with Gasteiger partial charge in [0.2, 0.25) is 5.91 Å². The lowest BCUT2D eigenvalue weighted by Crippen LogP contribution is -2.58. The molecule has 3 fully saturated rings. The summed E-state index contributed by atoms with van der Waals surface area (Å²) in [4.78, 5) is 45.3. The highest BCUT2D eigenvalue weighted by Crippen LogP contribution is 2.65. The lowest BCUT2D eigenvalue weighted by molar-refractivity contribution is -0.162. The van der Waals surface area contributed by atoms with E-state index in [2.05, 4.69) is 13.2 Å². The summed E-state index contributed by atoms with van der Waals surface area (Å²) in [6.45, 7) is 13.1. The molecule has 6 atom stereocenters. The Kier molecular flexibility index (Phi) is 8.59. The topological polar surface area (TPSA) is 96.4 Å². The second-order valence-electron chi connectivity index (χ2n) is 10.9. The molecule has 2 bridgehead atoms. The van der Waals surface area contributed by atoms with Gasteiger partial charge in [-0.15, -0.1) is 13.2 Å². The highest BCUT2D eigenvalue weighted by molar-refractivity contribution is 6.34. The number of benzene rings is 1. The fourth-order valence-corrected chi connectivity index (χ4v) is 7.20. The Bertz CT molecular complexity index is 1140. The average molecular weight is 559 g/mol. The summed E-state index contributed by atoms with van der Waals surface area (Å²) in [6.07, 6.45) is 6.17. The molecule has 0 saturated carbocycles. The van der Waals surface area contributed by atoms with Crippen LogP contribution in [0.15, 0.2) is 43.5 Å². The predicted molar refractivity (Wildman–Crippen MR) is 149 cm³/mol. The number of rotatable bonds is 12. The summed E-state index contributed by atoms with van der Waals surface area (Å²) in [5.41, 5.74) is -0.802. The van der Waals surface area contributed by atoms with Crippen LogP contribution >= 0.6 is 11.6 Å². The van der Waals surface area contributed by atoms with Gasteiger partial charge in [0.15, 0.2) is 0 Å². The number of aliphatic hydroxyl groups excluding tert-OH is 1. The lowest BCUT2D eigenvalue weighted by atomic mass is 9.65. The number of aliphatic hydroxyl groups is 1. The first-order valence-corrected chi connectivity index (χ1v) is 14.1. The summed E-state index contributed by atoms with van der Waals surface area (Å²) in [5, 5.41) is 10.5. The maximum atomic E-state index is 14.6. The number of anilines is 1. The van der Waals surface area contributed by atoms with Crippen LogP contribution in [0, 0.1) is 18.8 Å². The van der Waals surface area contributed by atoms with Gasteiger partial charge < -0.3 is 24.4 Å². The Morgan fingerprint density at radius 2 is 2.08 bits per heavy atom. The number of allylic oxidation sites excluding steroid dienone is 1. The molecule has 3 aliphatic heterocycles. The number of fused-ring (bicyclic) bond motifs is 1. The van der Waals surface area contributed by atoms with Gasteiger partial charge in [-0.1, -0.05) is 42.8 Å². The summed E-state index contributed by atoms with van der Waals surface area (Å²) in [7, 11) is 0. The number of esters is 1. The van der Waals surface area contributed by atoms with Crippen LogP contribution in [0.3, 0.4) is 0 Å². The molecule has 3 saturated heterocycles. The molecule has 2 amide bonds. The Morgan fingerprint density at radius 3 is 2.69 bits per heavy atom. The maximum absolute atomic E-state index is 14.6. The monoisotopic (exact) mass is 558 g/mol. The largest absolute Gasteiger partial charge is 0.465 e. The summed E-state index contributed by atoms with van der Waals surface area (Å²) in [5.74, 6) is -2.95. The van der Waals surface area contributed by atoms with Gasteiger partial charge in [0, 0.05) is 6.54 Å². The number of amides is 2. The van der Waals surface area contributed by atoms with Crippen LogP contribution in [0.1, 0.15) is 51.5 Å². The molecular weight excluding hydrogens is 520 g/mol. The minimum Gasteiger partial charge on any atom is -0.465 e. The van der Waals surface area contributed by atoms with Crippen molar-refractivity contribution < 1.29 is 29.0 Å². The molecule has 2 unspecified atom stereocenters. The predicted octanol–water partition coefficient (Wildman–Crippen LogP) is 4.21. The van der Waals surface area contributed by atoms with E-state index in [0.29, 0.717) is 42.8 Å². The Hall–Kier alpha value is -2.68. The Morgan fingerprint density at radius 1 is 1.33 bits per heavy atom. The van der Waals surface area contributed by atoms with Crippen molar-refractivity contribution in [1.82, 2.24) is 4.90 Å². The number of aryl methyl sites for hydroxylation is 1. The molecule has 0 radical (unpaired) electrons. The third-order valence-corrected chi connectivity index (χ3v) is 8.98. The average Bonchev–Trinajstić information content (AvgIpc) is 3.53. The second kappa shape index (κ2) is 11.4. The van der Waals surface area contributed by atoms with Crippen LogP contribution in [0.5, 0.6) is 0 Å². The quantitative estimate of drug-likeness (QED) is 0.234. The number of likely N-dealkylation sites (tertiary alicyclic amines) is 1. The van der Waals surface area contributed by atoms with E-state index in [4.69, 9.17) is 21.1 Å². The normalized spacial score (nSPS) is 29.7. The molecule has 1 spiro atoms. The third kappa shape index (κ3) is 4.60. The van der Waals surface area contributed by atoms with Gasteiger partial charge in [-0.3, -0.25) is 14.4 Å². The number of nitrogens with zero attached hydrogens (tertiary/aromatic N) is 2. The number of ether oxygens (including phenoxy) is 2. The molecule has 1 aromatic rings. The second-order valence-corrected chi connectivity index (χ2v) is 11.3. The van der Waals surface area contributed by atoms with Crippen LogP contribution in [-0.2, 0) is 23.9 Å². The first-order valence-electron chi connectivity index (χ1n) is 13.7. The number of carbonyl (C=O) groups is 3. The minimum absolute atomic E-state index is 0.157. The van der Waals surface area contributed by atoms with Gasteiger partial charge in [-0.25, -0.2) is 0 Å². The highest BCUT2D eigenvalue weighted by Gasteiger charge is 2.79. The molecule has 1 N–H and O–H groups in total. The van der Waals surface area contributed by atoms with E-state index in [1.165, 1.54) is 9.80 Å². The highest BCUT2D eigenvalue weighted by atomic mass is 35.5. The van der Waals surface area contributed by atoms with Gasteiger partial charge in [0.25, 0.3) is 5.91 Å². The van der Waals surface area contributed by atoms with Crippen LogP contribution in [0.25, 0.3) is 0 Å². The molecule has 4 rings (SSSR count). The molecule has 3 heterocycles. The summed E-state index contributed by atoms with van der Waals surface area (Å²) >= 11 is 6.59. The van der Waals surface area contributed by atoms with Gasteiger partial charge in [-0.05, 0) is 57.6 Å². The third-order valence-electron chi connectivity index (χ3n) is 8.68. The van der Waals surface area contributed by atoms with Crippen molar-refractivity contribution in [3.63, 3.8) is 0 Å². The number of hydrogen-bond acceptors (Lipinski definition) is 6. The van der Waals surface area contributed by atoms with Crippen LogP contribution in [-0.4, -0.2) is 70.8 Å². The van der Waals surface area contributed by atoms with E-state index in [9.17, 15) is 19.5 Å². The minimum atomic E-state index is -1.23. The molecular formula is C30H39ClN2O6. The van der Waals surface area contributed by atoms with E-state index in [1.807, 2.05) is 26.0 Å². The van der Waals surface area contributed by atoms with Gasteiger partial charge in [0.1, 0.15) is 17.6 Å². The van der Waals surface area contributed by atoms with Crippen molar-refractivity contribution in [3.05, 3.63) is 54.1 Å². The zero-order valence-electron chi connectivity index (χ0n) is 23.0. The van der Waals surface area contributed by atoms with E-state index in [1.54, 1.807) is 25.1 Å². The molecule has 0 aliphatic carbocycles. The smallest absolute Gasteiger partial charge is 0.312 e. The zero-order chi connectivity index (χ0) is 28.5. The van der Waals surface area contributed by atoms with Crippen LogP contribution < -0.4 is 4.90 Å². The summed E-state index contributed by atoms with van der Waals surface area (Å²) in [6, 6.07) is 3.66. The number of carbonyl (C=O) groups excluding carboxylic acids is 3. The van der Waals surface area contributed by atoms with Crippen LogP contribution in [0.4, 0.5) is 5.69 Å². The van der Waals surface area contributed by atoms with Crippen molar-refractivity contribution in [3.8, 4) is 0 Å². The van der Waals surface area contributed by atoms with Crippen molar-refractivity contribution in [2.75, 3.05) is 24.7 Å². The molecule has 3 aliphatic rings. The molecule has 9 heteroatoms. The van der Waals surface area contributed by atoms with E-state index >= 15 is 0 Å². The number of para-hydroxylation sites is 1. The number of halogens is 1. The van der Waals surface area contributed by atoms with E-state index in [0.717, 1.165) is 5.56 Å². The lowest BCUT2D eigenvalue weighted by Gasteiger charge is -2.39. The first kappa shape index (κ1) is 29.3. The van der Waals surface area contributed by atoms with Gasteiger partial charge in [-0.2, -0.15) is 0 Å². The Labute approximate surface area is 235 Å². The Balaban J connectivity index is 1.81. The standard InChI is InChI=1S/C30H39ClN2O6/c1-6-9-10-17-38-28(37)23-22-26(35)33(20(5)18-34)25(30(22)15-14-29(23,8-3)39-30)27(36)32(16-7-2)24-19(4)12-11-13-21(24)31/h6-7,11-13,20,22-23,25,34H,1-2,8-10,14-18H2,3-5H3/t20-,22+,23+,25?,29-,30?/m1/s1. The molecule has 0 aromatic heterocycles. The maximum Gasteiger partial charge on any atom is 0.312 e. The molecule has 39 heavy (non-hydrogen) atoms. The molecule has 212 valence electrons. The van der Waals surface area contributed by atoms with Gasteiger partial charge >= 0.3 is 5.97 Å². The van der Waals surface area contributed by atoms with Crippen molar-refractivity contribution in [2.24, 2.45) is 11.8 Å². The number of unbranched alkanes of at least 4 members (excludes halogenated alkanes) is 1. The van der Waals surface area contributed by atoms with Crippen molar-refractivity contribution in [1.29, 1.82) is 0 Å². The molecule has 8 nitrogen and oxygen atoms in total. The fourth-order valence-electron chi connectivity index (χ4n) is 6.88. The number of hydrogen-bond donors (Lipinski definition) is 1. The van der Waals surface area contributed by atoms with Crippen LogP contribution in [0.2, 0.25) is 5.02 Å². The summed E-state index contributed by atoms with van der Waals surface area (Å²) < 4.78 is 12.4. The van der Waals surface area contributed by atoms with E-state index < -0.39 is 41.1 Å². The molecule has 1 aromatic carbocycles. The van der Waals surface area contributed by atoms with Crippen molar-refractivity contribution >= 4 is 35.1 Å². The zero-order valence-corrected chi connectivity index (χ0v) is 23.8. The SMILES string of the molecule is C=CCCCOC(=O)[C@@H]1[C@H]2C(=O)N([C@H](C)CO)C(C(=O)N(CC=C)c3c(C)cccc3Cl)C23CC[C@@]1(CC)O3. The van der Waals surface area contributed by atoms with E-state index in [-0.39, 0.29) is 31.6 Å². The first-order chi connectivity index (χ1) is 18.6. The van der Waals surface area contributed by atoms with Crippen molar-refractivity contribution in [2.45, 2.75) is 76.2 Å². The fraction of sp³-hybridized carbons (Fsp3) is 0.567.